The summed E-state index contributed by atoms with van der Waals surface area (Å²) in [5, 5.41) is 0. The minimum atomic E-state index is 0. The molecule has 0 saturated carbocycles. The number of unbranched alkanes of at least 4 members (excludes halogenated alkanes) is 3. The van der Waals surface area contributed by atoms with Crippen LogP contribution in [-0.4, -0.2) is 25.5 Å². The minimum absolute atomic E-state index is 0. The molecule has 0 aliphatic carbocycles. The average molecular weight is 243 g/mol. The van der Waals surface area contributed by atoms with Crippen molar-refractivity contribution in [3.63, 3.8) is 0 Å². The van der Waals surface area contributed by atoms with Crippen molar-refractivity contribution in [2.45, 2.75) is 52.4 Å². The van der Waals surface area contributed by atoms with E-state index in [1.54, 1.807) is 0 Å². The molecule has 0 spiro atoms. The zero-order chi connectivity index (χ0) is 13.1. The molecule has 0 atom stereocenters. The Bertz CT molecular complexity index is 241. The summed E-state index contributed by atoms with van der Waals surface area (Å²) in [6.07, 6.45) is 12.0. The molecule has 2 heteroatoms. The Morgan fingerprint density at radius 2 is 1.78 bits per heavy atom. The molecule has 0 bridgehead atoms. The van der Waals surface area contributed by atoms with Crippen LogP contribution in [-0.2, 0) is 0 Å². The minimum Gasteiger partial charge on any atom is -0.305 e. The summed E-state index contributed by atoms with van der Waals surface area (Å²) in [5.41, 5.74) is 2.75. The summed E-state index contributed by atoms with van der Waals surface area (Å²) in [7, 11) is 4.22. The van der Waals surface area contributed by atoms with Crippen molar-refractivity contribution in [3.05, 3.63) is 30.2 Å². The molecule has 0 aromatic heterocycles. The van der Waals surface area contributed by atoms with Crippen molar-refractivity contribution in [2.75, 3.05) is 20.6 Å². The zero-order valence-electron chi connectivity index (χ0n) is 13.3. The van der Waals surface area contributed by atoms with Crippen LogP contribution in [0.25, 0.3) is 0 Å². The summed E-state index contributed by atoms with van der Waals surface area (Å²) in [4.78, 5) is 2.21. The summed E-state index contributed by atoms with van der Waals surface area (Å²) < 4.78 is 0. The second-order valence-corrected chi connectivity index (χ2v) is 5.19. The van der Waals surface area contributed by atoms with Gasteiger partial charge in [-0.05, 0) is 27.4 Å². The van der Waals surface area contributed by atoms with Crippen LogP contribution in [0.3, 0.4) is 0 Å². The first-order valence-corrected chi connectivity index (χ1v) is 6.87. The Balaban J connectivity index is 0. The molecule has 0 aromatic carbocycles. The summed E-state index contributed by atoms with van der Waals surface area (Å²) >= 11 is 0. The fourth-order valence-electron chi connectivity index (χ4n) is 1.87. The second-order valence-electron chi connectivity index (χ2n) is 5.19. The third-order valence-corrected chi connectivity index (χ3v) is 2.76. The number of allylic oxidation sites excluding steroid dienone is 3. The molecule has 18 heavy (non-hydrogen) atoms. The third-order valence-electron chi connectivity index (χ3n) is 2.76. The van der Waals surface area contributed by atoms with Gasteiger partial charge in [0, 0.05) is 6.54 Å². The fourth-order valence-corrected chi connectivity index (χ4v) is 1.87. The Morgan fingerprint density at radius 3 is 2.33 bits per heavy atom. The number of hydrogen-bond donors (Lipinski definition) is 0. The van der Waals surface area contributed by atoms with Gasteiger partial charge in [-0.1, -0.05) is 44.3 Å². The van der Waals surface area contributed by atoms with E-state index in [2.05, 4.69) is 51.9 Å². The second kappa shape index (κ2) is 13.3. The van der Waals surface area contributed by atoms with Crippen LogP contribution in [0.15, 0.2) is 23.3 Å². The van der Waals surface area contributed by atoms with Crippen LogP contribution in [0, 0.1) is 6.92 Å². The van der Waals surface area contributed by atoms with Crippen LogP contribution in [0.5, 0.6) is 0 Å². The van der Waals surface area contributed by atoms with Crippen molar-refractivity contribution in [2.24, 2.45) is 0 Å². The zero-order valence-corrected chi connectivity index (χ0v) is 13.3. The van der Waals surface area contributed by atoms with E-state index in [1.807, 2.05) is 0 Å². The van der Waals surface area contributed by atoms with Crippen molar-refractivity contribution in [1.29, 1.82) is 0 Å². The largest absolute Gasteiger partial charge is 1.00 e. The SMILES string of the molecule is [CH2-]/C(=C/CCCCC)CC/C=C(/C)CN(C)C.[Li+]. The Morgan fingerprint density at radius 1 is 1.11 bits per heavy atom. The molecule has 0 aliphatic rings. The van der Waals surface area contributed by atoms with Crippen molar-refractivity contribution in [3.8, 4) is 0 Å². The van der Waals surface area contributed by atoms with Gasteiger partial charge in [-0.15, -0.1) is 6.42 Å². The molecule has 0 radical (unpaired) electrons. The molecule has 0 aromatic rings. The maximum absolute atomic E-state index is 4.11. The van der Waals surface area contributed by atoms with E-state index in [4.69, 9.17) is 0 Å². The predicted molar refractivity (Wildman–Crippen MR) is 79.1 cm³/mol. The fraction of sp³-hybridized carbons (Fsp3) is 0.688. The van der Waals surface area contributed by atoms with Crippen molar-refractivity contribution < 1.29 is 18.9 Å². The average Bonchev–Trinajstić information content (AvgIpc) is 2.23. The standard InChI is InChI=1S/C16H30N.Li/c1-6-7-8-9-11-15(2)12-10-13-16(3)14-17(4)5;/h11,13H,2,6-10,12,14H2,1,3-5H3;/q-1;+1/b15-11-,16-13-;. The van der Waals surface area contributed by atoms with Crippen LogP contribution in [0.4, 0.5) is 0 Å². The Hall–Kier alpha value is -0.0926. The van der Waals surface area contributed by atoms with E-state index in [-0.39, 0.29) is 18.9 Å². The predicted octanol–water partition coefficient (Wildman–Crippen LogP) is 1.62. The van der Waals surface area contributed by atoms with E-state index in [0.717, 1.165) is 19.4 Å². The molecule has 0 amide bonds. The summed E-state index contributed by atoms with van der Waals surface area (Å²) in [5.74, 6) is 0. The number of hydrogen-bond acceptors (Lipinski definition) is 1. The van der Waals surface area contributed by atoms with Gasteiger partial charge in [0.25, 0.3) is 0 Å². The first-order valence-electron chi connectivity index (χ1n) is 6.87. The first-order chi connectivity index (χ1) is 8.06. The number of rotatable bonds is 9. The smallest absolute Gasteiger partial charge is 0.305 e. The van der Waals surface area contributed by atoms with Gasteiger partial charge in [-0.3, -0.25) is 0 Å². The van der Waals surface area contributed by atoms with E-state index >= 15 is 0 Å². The normalized spacial score (nSPS) is 12.7. The van der Waals surface area contributed by atoms with Gasteiger partial charge in [-0.2, -0.15) is 0 Å². The van der Waals surface area contributed by atoms with E-state index < -0.39 is 0 Å². The molecule has 0 N–H and O–H groups in total. The molecule has 1 nitrogen and oxygen atoms in total. The molecule has 0 heterocycles. The summed E-state index contributed by atoms with van der Waals surface area (Å²) in [6.45, 7) is 9.62. The molecular formula is C16H30LiN. The molecule has 0 unspecified atom stereocenters. The number of likely N-dealkylation sites (N-methyl/N-ethyl adjacent to an activating group) is 1. The van der Waals surface area contributed by atoms with Gasteiger partial charge < -0.3 is 4.90 Å². The first kappa shape index (κ1) is 20.2. The monoisotopic (exact) mass is 243 g/mol. The quantitative estimate of drug-likeness (QED) is 0.257. The molecular weight excluding hydrogens is 213 g/mol. The van der Waals surface area contributed by atoms with Crippen molar-refractivity contribution >= 4 is 0 Å². The van der Waals surface area contributed by atoms with Crippen molar-refractivity contribution in [1.82, 2.24) is 4.90 Å². The van der Waals surface area contributed by atoms with E-state index in [1.165, 1.54) is 36.8 Å². The maximum atomic E-state index is 4.11. The van der Waals surface area contributed by atoms with Gasteiger partial charge in [-0.25, -0.2) is 18.6 Å². The molecule has 0 saturated heterocycles. The van der Waals surface area contributed by atoms with E-state index in [0.29, 0.717) is 0 Å². The van der Waals surface area contributed by atoms with Gasteiger partial charge >= 0.3 is 18.9 Å². The third kappa shape index (κ3) is 14.0. The maximum Gasteiger partial charge on any atom is 1.00 e. The van der Waals surface area contributed by atoms with Gasteiger partial charge in [0.15, 0.2) is 0 Å². The molecule has 100 valence electrons. The van der Waals surface area contributed by atoms with E-state index in [9.17, 15) is 0 Å². The summed E-state index contributed by atoms with van der Waals surface area (Å²) in [6, 6.07) is 0. The topological polar surface area (TPSA) is 3.24 Å². The molecule has 0 fully saturated rings. The molecule has 0 aliphatic heterocycles. The van der Waals surface area contributed by atoms with Gasteiger partial charge in [0.1, 0.15) is 0 Å². The van der Waals surface area contributed by atoms with Crippen LogP contribution >= 0.6 is 0 Å². The van der Waals surface area contributed by atoms with Crippen LogP contribution < -0.4 is 18.9 Å². The Labute approximate surface area is 127 Å². The number of nitrogens with zero attached hydrogens (tertiary/aromatic N) is 1. The van der Waals surface area contributed by atoms with Gasteiger partial charge in [0.2, 0.25) is 0 Å². The molecule has 0 rings (SSSR count). The van der Waals surface area contributed by atoms with Gasteiger partial charge in [0.05, 0.1) is 0 Å². The Kier molecular flexibility index (Phi) is 15.0. The van der Waals surface area contributed by atoms with Crippen LogP contribution in [0.1, 0.15) is 52.4 Å². The van der Waals surface area contributed by atoms with Crippen LogP contribution in [0.2, 0.25) is 0 Å².